The molecule has 0 saturated carbocycles. The van der Waals surface area contributed by atoms with E-state index in [0.29, 0.717) is 18.3 Å². The number of likely N-dealkylation sites (tertiary alicyclic amines) is 1. The van der Waals surface area contributed by atoms with E-state index in [-0.39, 0.29) is 30.2 Å². The maximum absolute atomic E-state index is 13.5. The maximum Gasteiger partial charge on any atom is 0.223 e. The summed E-state index contributed by atoms with van der Waals surface area (Å²) in [6, 6.07) is 6.77. The number of nitrogens with one attached hydrogen (secondary N) is 1. The third-order valence-electron chi connectivity index (χ3n) is 5.29. The molecule has 3 nitrogen and oxygen atoms in total. The van der Waals surface area contributed by atoms with Crippen LogP contribution in [0.15, 0.2) is 24.3 Å². The molecule has 2 unspecified atom stereocenters. The van der Waals surface area contributed by atoms with Crippen molar-refractivity contribution >= 4 is 18.3 Å². The van der Waals surface area contributed by atoms with Crippen LogP contribution in [-0.4, -0.2) is 30.4 Å². The number of amides is 1. The van der Waals surface area contributed by atoms with Crippen molar-refractivity contribution in [2.75, 3.05) is 19.6 Å². The van der Waals surface area contributed by atoms with Crippen molar-refractivity contribution in [3.63, 3.8) is 0 Å². The second-order valence-corrected chi connectivity index (χ2v) is 7.19. The second kappa shape index (κ2) is 8.82. The molecule has 134 valence electrons. The molecule has 1 N–H and O–H groups in total. The van der Waals surface area contributed by atoms with E-state index < -0.39 is 0 Å². The smallest absolute Gasteiger partial charge is 0.223 e. The fourth-order valence-electron chi connectivity index (χ4n) is 3.99. The first-order chi connectivity index (χ1) is 11.1. The molecule has 0 radical (unpaired) electrons. The number of carbonyl (C=O) groups excluding carboxylic acids is 1. The van der Waals surface area contributed by atoms with Crippen molar-refractivity contribution in [1.29, 1.82) is 0 Å². The summed E-state index contributed by atoms with van der Waals surface area (Å²) in [7, 11) is 0. The predicted molar refractivity (Wildman–Crippen MR) is 96.7 cm³/mol. The van der Waals surface area contributed by atoms with E-state index >= 15 is 0 Å². The van der Waals surface area contributed by atoms with Crippen LogP contribution in [0.4, 0.5) is 4.39 Å². The minimum absolute atomic E-state index is 0. The van der Waals surface area contributed by atoms with Gasteiger partial charge in [0.1, 0.15) is 5.82 Å². The van der Waals surface area contributed by atoms with Crippen molar-refractivity contribution in [3.8, 4) is 0 Å². The van der Waals surface area contributed by atoms with E-state index in [0.717, 1.165) is 38.0 Å². The molecule has 3 rings (SSSR count). The molecule has 0 aliphatic carbocycles. The Morgan fingerprint density at radius 3 is 2.79 bits per heavy atom. The summed E-state index contributed by atoms with van der Waals surface area (Å²) in [4.78, 5) is 14.7. The van der Waals surface area contributed by atoms with Gasteiger partial charge < -0.3 is 10.2 Å². The lowest BCUT2D eigenvalue weighted by molar-refractivity contribution is -0.132. The molecular formula is C19H28ClFN2O. The van der Waals surface area contributed by atoms with E-state index in [2.05, 4.69) is 12.2 Å². The van der Waals surface area contributed by atoms with Crippen molar-refractivity contribution in [2.45, 2.75) is 45.1 Å². The zero-order valence-electron chi connectivity index (χ0n) is 14.3. The largest absolute Gasteiger partial charge is 0.335 e. The lowest BCUT2D eigenvalue weighted by Crippen LogP contribution is -2.32. The fraction of sp³-hybridized carbons (Fsp3) is 0.632. The average Bonchev–Trinajstić information content (AvgIpc) is 2.96. The van der Waals surface area contributed by atoms with Crippen LogP contribution in [0.1, 0.15) is 50.6 Å². The Balaban J connectivity index is 0.00000208. The normalized spacial score (nSPS) is 24.7. The molecule has 0 bridgehead atoms. The SMILES string of the molecule is CC1CC(c2cccc(F)c2)N(C(=O)CCC2CCNCC2)C1.Cl. The molecule has 1 aromatic carbocycles. The minimum Gasteiger partial charge on any atom is -0.335 e. The Morgan fingerprint density at radius 2 is 2.08 bits per heavy atom. The van der Waals surface area contributed by atoms with Crippen LogP contribution in [0.5, 0.6) is 0 Å². The van der Waals surface area contributed by atoms with E-state index in [9.17, 15) is 9.18 Å². The molecule has 1 amide bonds. The first-order valence-corrected chi connectivity index (χ1v) is 8.89. The summed E-state index contributed by atoms with van der Waals surface area (Å²) >= 11 is 0. The number of benzene rings is 1. The molecule has 5 heteroatoms. The number of halogens is 2. The Bertz CT molecular complexity index is 548. The van der Waals surface area contributed by atoms with Crippen molar-refractivity contribution < 1.29 is 9.18 Å². The Kier molecular flexibility index (Phi) is 7.05. The highest BCUT2D eigenvalue weighted by Gasteiger charge is 2.34. The van der Waals surface area contributed by atoms with Crippen LogP contribution in [0.2, 0.25) is 0 Å². The van der Waals surface area contributed by atoms with Crippen molar-refractivity contribution in [2.24, 2.45) is 11.8 Å². The van der Waals surface area contributed by atoms with E-state index in [1.165, 1.54) is 18.9 Å². The number of piperidine rings is 1. The van der Waals surface area contributed by atoms with Crippen LogP contribution in [-0.2, 0) is 4.79 Å². The minimum atomic E-state index is -0.218. The van der Waals surface area contributed by atoms with Crippen LogP contribution >= 0.6 is 12.4 Å². The number of nitrogens with zero attached hydrogens (tertiary/aromatic N) is 1. The highest BCUT2D eigenvalue weighted by molar-refractivity contribution is 5.85. The zero-order valence-corrected chi connectivity index (χ0v) is 15.2. The second-order valence-electron chi connectivity index (χ2n) is 7.19. The predicted octanol–water partition coefficient (Wildman–Crippen LogP) is 3.94. The van der Waals surface area contributed by atoms with Gasteiger partial charge in [-0.05, 0) is 68.3 Å². The first-order valence-electron chi connectivity index (χ1n) is 8.89. The van der Waals surface area contributed by atoms with Gasteiger partial charge in [0, 0.05) is 13.0 Å². The molecule has 24 heavy (non-hydrogen) atoms. The van der Waals surface area contributed by atoms with Crippen LogP contribution in [0.3, 0.4) is 0 Å². The highest BCUT2D eigenvalue weighted by Crippen LogP contribution is 2.36. The lowest BCUT2D eigenvalue weighted by Gasteiger charge is -2.27. The highest BCUT2D eigenvalue weighted by atomic mass is 35.5. The summed E-state index contributed by atoms with van der Waals surface area (Å²) in [5.41, 5.74) is 0.935. The zero-order chi connectivity index (χ0) is 16.2. The van der Waals surface area contributed by atoms with E-state index in [1.807, 2.05) is 11.0 Å². The molecule has 0 spiro atoms. The number of hydrogen-bond acceptors (Lipinski definition) is 2. The van der Waals surface area contributed by atoms with Gasteiger partial charge in [0.2, 0.25) is 5.91 Å². The number of hydrogen-bond donors (Lipinski definition) is 1. The third kappa shape index (κ3) is 4.70. The van der Waals surface area contributed by atoms with Gasteiger partial charge in [0.05, 0.1) is 6.04 Å². The topological polar surface area (TPSA) is 32.3 Å². The number of rotatable bonds is 4. The van der Waals surface area contributed by atoms with Crippen LogP contribution < -0.4 is 5.32 Å². The van der Waals surface area contributed by atoms with Gasteiger partial charge in [-0.25, -0.2) is 4.39 Å². The van der Waals surface area contributed by atoms with Crippen molar-refractivity contribution in [1.82, 2.24) is 10.2 Å². The summed E-state index contributed by atoms with van der Waals surface area (Å²) in [5, 5.41) is 3.37. The summed E-state index contributed by atoms with van der Waals surface area (Å²) < 4.78 is 13.5. The van der Waals surface area contributed by atoms with Crippen LogP contribution in [0, 0.1) is 17.7 Å². The van der Waals surface area contributed by atoms with Crippen LogP contribution in [0.25, 0.3) is 0 Å². The van der Waals surface area contributed by atoms with E-state index in [4.69, 9.17) is 0 Å². The Morgan fingerprint density at radius 1 is 1.33 bits per heavy atom. The fourth-order valence-corrected chi connectivity index (χ4v) is 3.99. The van der Waals surface area contributed by atoms with Gasteiger partial charge >= 0.3 is 0 Å². The van der Waals surface area contributed by atoms with Gasteiger partial charge in [-0.2, -0.15) is 0 Å². The lowest BCUT2D eigenvalue weighted by atomic mass is 9.93. The first kappa shape index (κ1) is 19.2. The van der Waals surface area contributed by atoms with Gasteiger partial charge in [-0.3, -0.25) is 4.79 Å². The molecule has 2 fully saturated rings. The Labute approximate surface area is 150 Å². The summed E-state index contributed by atoms with van der Waals surface area (Å²) in [5.74, 6) is 1.17. The third-order valence-corrected chi connectivity index (χ3v) is 5.29. The van der Waals surface area contributed by atoms with Gasteiger partial charge in [0.15, 0.2) is 0 Å². The van der Waals surface area contributed by atoms with Gasteiger partial charge in [-0.15, -0.1) is 12.4 Å². The molecule has 2 saturated heterocycles. The molecular weight excluding hydrogens is 327 g/mol. The van der Waals surface area contributed by atoms with E-state index in [1.54, 1.807) is 12.1 Å². The Hall–Kier alpha value is -1.13. The monoisotopic (exact) mass is 354 g/mol. The van der Waals surface area contributed by atoms with Gasteiger partial charge in [0.25, 0.3) is 0 Å². The molecule has 2 aliphatic heterocycles. The molecule has 2 aliphatic rings. The molecule has 1 aromatic rings. The van der Waals surface area contributed by atoms with Crippen molar-refractivity contribution in [3.05, 3.63) is 35.6 Å². The average molecular weight is 355 g/mol. The quantitative estimate of drug-likeness (QED) is 0.888. The standard InChI is InChI=1S/C19H27FN2O.ClH/c1-14-11-18(16-3-2-4-17(20)12-16)22(13-14)19(23)6-5-15-7-9-21-10-8-15;/h2-4,12,14-15,18,21H,5-11,13H2,1H3;1H. The maximum atomic E-state index is 13.5. The molecule has 2 heterocycles. The molecule has 0 aromatic heterocycles. The summed E-state index contributed by atoms with van der Waals surface area (Å²) in [6.07, 6.45) is 4.90. The molecule has 2 atom stereocenters. The summed E-state index contributed by atoms with van der Waals surface area (Å²) in [6.45, 7) is 5.12. The van der Waals surface area contributed by atoms with Gasteiger partial charge in [-0.1, -0.05) is 19.1 Å². The number of carbonyl (C=O) groups is 1.